The van der Waals surface area contributed by atoms with Gasteiger partial charge in [0, 0.05) is 6.20 Å². The van der Waals surface area contributed by atoms with Gasteiger partial charge in [-0.2, -0.15) is 8.78 Å². The van der Waals surface area contributed by atoms with E-state index in [0.717, 1.165) is 12.8 Å². The number of benzene rings is 1. The third kappa shape index (κ3) is 5.02. The number of pyridine rings is 1. The van der Waals surface area contributed by atoms with Gasteiger partial charge in [-0.1, -0.05) is 18.2 Å². The first-order valence-electron chi connectivity index (χ1n) is 8.10. The number of carboxylic acid groups (broad SMARTS) is 1. The second-order valence-electron chi connectivity index (χ2n) is 5.95. The molecule has 1 N–H and O–H groups in total. The summed E-state index contributed by atoms with van der Waals surface area (Å²) in [7, 11) is 0. The molecule has 1 aromatic carbocycles. The van der Waals surface area contributed by atoms with Crippen LogP contribution in [0.1, 0.15) is 34.5 Å². The van der Waals surface area contributed by atoms with Crippen LogP contribution in [0.2, 0.25) is 0 Å². The maximum Gasteiger partial charge on any atom is 0.387 e. The molecule has 0 spiro atoms. The normalized spacial score (nSPS) is 14.0. The molecule has 1 fully saturated rings. The van der Waals surface area contributed by atoms with Gasteiger partial charge in [-0.15, -0.1) is 0 Å². The highest BCUT2D eigenvalue weighted by Gasteiger charge is 2.23. The molecule has 0 aliphatic heterocycles. The van der Waals surface area contributed by atoms with Gasteiger partial charge in [0.1, 0.15) is 5.69 Å². The Morgan fingerprint density at radius 2 is 1.92 bits per heavy atom. The lowest BCUT2D eigenvalue weighted by Gasteiger charge is -2.12. The molecule has 3 rings (SSSR count). The van der Waals surface area contributed by atoms with E-state index in [1.165, 1.54) is 18.3 Å². The van der Waals surface area contributed by atoms with Crippen molar-refractivity contribution in [3.63, 3.8) is 0 Å². The Bertz CT molecular complexity index is 819. The number of alkyl halides is 2. The summed E-state index contributed by atoms with van der Waals surface area (Å²) in [6, 6.07) is 7.79. The summed E-state index contributed by atoms with van der Waals surface area (Å²) in [5.41, 5.74) is 1.32. The van der Waals surface area contributed by atoms with Crippen LogP contribution in [-0.2, 0) is 0 Å². The molecule has 0 amide bonds. The third-order valence-corrected chi connectivity index (χ3v) is 3.83. The summed E-state index contributed by atoms with van der Waals surface area (Å²) in [6.07, 6.45) is 7.02. The van der Waals surface area contributed by atoms with Gasteiger partial charge in [0.15, 0.2) is 11.5 Å². The van der Waals surface area contributed by atoms with Gasteiger partial charge >= 0.3 is 12.6 Å². The Kier molecular flexibility index (Phi) is 5.46. The molecule has 0 radical (unpaired) electrons. The maximum absolute atomic E-state index is 12.5. The van der Waals surface area contributed by atoms with Crippen LogP contribution >= 0.6 is 0 Å². The average molecular weight is 361 g/mol. The average Bonchev–Trinajstić information content (AvgIpc) is 3.44. The zero-order chi connectivity index (χ0) is 18.5. The zero-order valence-corrected chi connectivity index (χ0v) is 13.8. The molecule has 0 atom stereocenters. The Morgan fingerprint density at radius 1 is 1.19 bits per heavy atom. The number of carboxylic acids is 1. The molecule has 26 heavy (non-hydrogen) atoms. The van der Waals surface area contributed by atoms with E-state index >= 15 is 0 Å². The fourth-order valence-corrected chi connectivity index (χ4v) is 2.29. The van der Waals surface area contributed by atoms with Gasteiger partial charge in [0.25, 0.3) is 0 Å². The van der Waals surface area contributed by atoms with Gasteiger partial charge in [-0.3, -0.25) is 0 Å². The van der Waals surface area contributed by atoms with Crippen LogP contribution in [0.15, 0.2) is 36.5 Å². The van der Waals surface area contributed by atoms with E-state index in [2.05, 4.69) is 9.72 Å². The topological polar surface area (TPSA) is 68.7 Å². The maximum atomic E-state index is 12.5. The number of aromatic nitrogens is 1. The lowest BCUT2D eigenvalue weighted by atomic mass is 10.1. The second-order valence-corrected chi connectivity index (χ2v) is 5.95. The van der Waals surface area contributed by atoms with E-state index in [4.69, 9.17) is 9.84 Å². The van der Waals surface area contributed by atoms with Crippen LogP contribution < -0.4 is 9.47 Å². The van der Waals surface area contributed by atoms with E-state index in [1.807, 2.05) is 0 Å². The van der Waals surface area contributed by atoms with Crippen LogP contribution in [0.25, 0.3) is 12.2 Å². The lowest BCUT2D eigenvalue weighted by Crippen LogP contribution is -2.06. The molecule has 1 heterocycles. The highest BCUT2D eigenvalue weighted by Crippen LogP contribution is 2.34. The number of ether oxygens (including phenoxy) is 2. The number of carbonyl (C=O) groups is 1. The first-order valence-corrected chi connectivity index (χ1v) is 8.10. The van der Waals surface area contributed by atoms with E-state index < -0.39 is 12.6 Å². The molecule has 7 heteroatoms. The van der Waals surface area contributed by atoms with Gasteiger partial charge < -0.3 is 14.6 Å². The van der Waals surface area contributed by atoms with Crippen LogP contribution in [0, 0.1) is 5.92 Å². The van der Waals surface area contributed by atoms with E-state index in [-0.39, 0.29) is 17.2 Å². The standard InChI is InChI=1S/C19H17F2NO4/c20-19(21)26-16-6-5-12(10-17(16)25-11-14-3-4-14)1-2-13-7-8-22-15(9-13)18(23)24/h1-2,5-10,14,19H,3-4,11H2,(H,23,24). The fourth-order valence-electron chi connectivity index (χ4n) is 2.29. The molecule has 1 aliphatic carbocycles. The van der Waals surface area contributed by atoms with Crippen molar-refractivity contribution < 1.29 is 28.2 Å². The molecule has 2 aromatic rings. The Morgan fingerprint density at radius 3 is 2.58 bits per heavy atom. The molecular weight excluding hydrogens is 344 g/mol. The molecule has 0 bridgehead atoms. The van der Waals surface area contributed by atoms with Crippen molar-refractivity contribution in [2.24, 2.45) is 5.92 Å². The van der Waals surface area contributed by atoms with E-state index in [1.54, 1.807) is 30.4 Å². The number of nitrogens with zero attached hydrogens (tertiary/aromatic N) is 1. The molecule has 1 saturated carbocycles. The largest absolute Gasteiger partial charge is 0.489 e. The molecule has 1 aromatic heterocycles. The van der Waals surface area contributed by atoms with Crippen molar-refractivity contribution in [3.8, 4) is 11.5 Å². The summed E-state index contributed by atoms with van der Waals surface area (Å²) in [5, 5.41) is 8.96. The molecular formula is C19H17F2NO4. The minimum absolute atomic E-state index is 0.00475. The third-order valence-electron chi connectivity index (χ3n) is 3.83. The highest BCUT2D eigenvalue weighted by atomic mass is 19.3. The predicted octanol–water partition coefficient (Wildman–Crippen LogP) is 4.34. The van der Waals surface area contributed by atoms with Crippen LogP contribution in [0.5, 0.6) is 11.5 Å². The van der Waals surface area contributed by atoms with Gasteiger partial charge in [0.2, 0.25) is 0 Å². The van der Waals surface area contributed by atoms with Crippen molar-refractivity contribution in [1.82, 2.24) is 4.98 Å². The summed E-state index contributed by atoms with van der Waals surface area (Å²) in [4.78, 5) is 14.7. The van der Waals surface area contributed by atoms with Crippen molar-refractivity contribution >= 4 is 18.1 Å². The minimum Gasteiger partial charge on any atom is -0.489 e. The Balaban J connectivity index is 1.78. The molecule has 0 saturated heterocycles. The molecule has 0 unspecified atom stereocenters. The van der Waals surface area contributed by atoms with E-state index in [9.17, 15) is 13.6 Å². The first-order chi connectivity index (χ1) is 12.5. The summed E-state index contributed by atoms with van der Waals surface area (Å²) < 4.78 is 35.2. The smallest absolute Gasteiger partial charge is 0.387 e. The predicted molar refractivity (Wildman–Crippen MR) is 91.4 cm³/mol. The fraction of sp³-hybridized carbons (Fsp3) is 0.263. The Hall–Kier alpha value is -2.96. The monoisotopic (exact) mass is 361 g/mol. The SMILES string of the molecule is O=C(O)c1cc(C=Cc2ccc(OC(F)F)c(OCC3CC3)c2)ccn1. The van der Waals surface area contributed by atoms with Crippen LogP contribution in [-0.4, -0.2) is 29.3 Å². The molecule has 1 aliphatic rings. The lowest BCUT2D eigenvalue weighted by molar-refractivity contribution is -0.0515. The van der Waals surface area contributed by atoms with E-state index in [0.29, 0.717) is 23.7 Å². The number of hydrogen-bond donors (Lipinski definition) is 1. The number of aromatic carboxylic acids is 1. The number of rotatable bonds is 8. The Labute approximate surface area is 148 Å². The van der Waals surface area contributed by atoms with Crippen LogP contribution in [0.3, 0.4) is 0 Å². The summed E-state index contributed by atoms with van der Waals surface area (Å²) in [5.74, 6) is -0.375. The van der Waals surface area contributed by atoms with Crippen molar-refractivity contribution in [2.45, 2.75) is 19.5 Å². The first kappa shape index (κ1) is 17.8. The highest BCUT2D eigenvalue weighted by molar-refractivity contribution is 5.86. The quantitative estimate of drug-likeness (QED) is 0.757. The molecule has 5 nitrogen and oxygen atoms in total. The van der Waals surface area contributed by atoms with Crippen molar-refractivity contribution in [1.29, 1.82) is 0 Å². The molecule has 136 valence electrons. The van der Waals surface area contributed by atoms with Crippen LogP contribution in [0.4, 0.5) is 8.78 Å². The van der Waals surface area contributed by atoms with Gasteiger partial charge in [-0.25, -0.2) is 9.78 Å². The summed E-state index contributed by atoms with van der Waals surface area (Å²) in [6.45, 7) is -2.45. The summed E-state index contributed by atoms with van der Waals surface area (Å²) >= 11 is 0. The van der Waals surface area contributed by atoms with Crippen molar-refractivity contribution in [3.05, 3.63) is 53.3 Å². The van der Waals surface area contributed by atoms with Crippen molar-refractivity contribution in [2.75, 3.05) is 6.61 Å². The second kappa shape index (κ2) is 7.95. The van der Waals surface area contributed by atoms with Gasteiger partial charge in [-0.05, 0) is 54.2 Å². The number of halogens is 2. The minimum atomic E-state index is -2.93. The number of hydrogen-bond acceptors (Lipinski definition) is 4. The zero-order valence-electron chi connectivity index (χ0n) is 13.8. The van der Waals surface area contributed by atoms with Gasteiger partial charge in [0.05, 0.1) is 6.61 Å².